The second kappa shape index (κ2) is 10.7. The summed E-state index contributed by atoms with van der Waals surface area (Å²) in [5.74, 6) is 1.07. The van der Waals surface area contributed by atoms with E-state index in [1.165, 1.54) is 4.88 Å². The molecular weight excluding hydrogens is 416 g/mol. The molecule has 1 N–H and O–H groups in total. The first-order valence-corrected chi connectivity index (χ1v) is 11.6. The van der Waals surface area contributed by atoms with Gasteiger partial charge in [0.1, 0.15) is 0 Å². The van der Waals surface area contributed by atoms with Crippen molar-refractivity contribution in [3.05, 3.63) is 46.2 Å². The number of rotatable bonds is 8. The van der Waals surface area contributed by atoms with Crippen LogP contribution in [-0.4, -0.2) is 62.7 Å². The molecule has 31 heavy (non-hydrogen) atoms. The molecule has 0 saturated carbocycles. The van der Waals surface area contributed by atoms with E-state index in [1.54, 1.807) is 29.5 Å². The molecule has 7 nitrogen and oxygen atoms in total. The number of ketones is 1. The second-order valence-corrected chi connectivity index (χ2v) is 8.60. The average Bonchev–Trinajstić information content (AvgIpc) is 3.22. The SMILES string of the molecule is O=C(CCC(=O)c1ccc2c(c1)OCCCO2)NCC(c1cccs1)N1CCOCC1. The molecule has 0 bridgehead atoms. The van der Waals surface area contributed by atoms with E-state index in [0.717, 1.165) is 19.5 Å². The van der Waals surface area contributed by atoms with Crippen LogP contribution in [0.5, 0.6) is 11.5 Å². The Morgan fingerprint density at radius 3 is 2.61 bits per heavy atom. The number of nitrogens with zero attached hydrogens (tertiary/aromatic N) is 1. The van der Waals surface area contributed by atoms with Gasteiger partial charge in [0.25, 0.3) is 0 Å². The van der Waals surface area contributed by atoms with Gasteiger partial charge >= 0.3 is 0 Å². The number of morpholine rings is 1. The third kappa shape index (κ3) is 5.84. The van der Waals surface area contributed by atoms with Crippen LogP contribution in [0.4, 0.5) is 0 Å². The number of hydrogen-bond donors (Lipinski definition) is 1. The average molecular weight is 445 g/mol. The molecule has 2 aromatic rings. The van der Waals surface area contributed by atoms with E-state index in [4.69, 9.17) is 14.2 Å². The number of nitrogens with one attached hydrogen (secondary N) is 1. The number of carbonyl (C=O) groups excluding carboxylic acids is 2. The molecule has 2 aliphatic rings. The minimum absolute atomic E-state index is 0.0752. The van der Waals surface area contributed by atoms with Gasteiger partial charge in [-0.25, -0.2) is 0 Å². The monoisotopic (exact) mass is 444 g/mol. The molecule has 4 rings (SSSR count). The molecule has 1 unspecified atom stereocenters. The van der Waals surface area contributed by atoms with Gasteiger partial charge in [-0.1, -0.05) is 6.07 Å². The zero-order valence-corrected chi connectivity index (χ0v) is 18.3. The van der Waals surface area contributed by atoms with Crippen LogP contribution in [0.25, 0.3) is 0 Å². The number of ether oxygens (including phenoxy) is 3. The van der Waals surface area contributed by atoms with Crippen molar-refractivity contribution in [1.29, 1.82) is 0 Å². The molecule has 1 fully saturated rings. The van der Waals surface area contributed by atoms with E-state index < -0.39 is 0 Å². The third-order valence-electron chi connectivity index (χ3n) is 5.50. The maximum atomic E-state index is 12.6. The Morgan fingerprint density at radius 2 is 1.84 bits per heavy atom. The Balaban J connectivity index is 1.29. The summed E-state index contributed by atoms with van der Waals surface area (Å²) >= 11 is 1.69. The Hall–Kier alpha value is -2.42. The van der Waals surface area contributed by atoms with Gasteiger partial charge in [-0.15, -0.1) is 11.3 Å². The fourth-order valence-electron chi connectivity index (χ4n) is 3.79. The molecule has 0 aliphatic carbocycles. The van der Waals surface area contributed by atoms with Crippen LogP contribution >= 0.6 is 11.3 Å². The zero-order valence-electron chi connectivity index (χ0n) is 17.5. The Bertz CT molecular complexity index is 880. The Labute approximate surface area is 186 Å². The minimum atomic E-state index is -0.113. The topological polar surface area (TPSA) is 77.1 Å². The Kier molecular flexibility index (Phi) is 7.56. The lowest BCUT2D eigenvalue weighted by atomic mass is 10.1. The van der Waals surface area contributed by atoms with E-state index in [1.807, 2.05) is 6.07 Å². The van der Waals surface area contributed by atoms with Crippen LogP contribution in [0.1, 0.15) is 40.5 Å². The van der Waals surface area contributed by atoms with E-state index >= 15 is 0 Å². The molecule has 166 valence electrons. The van der Waals surface area contributed by atoms with Crippen molar-refractivity contribution in [3.63, 3.8) is 0 Å². The molecule has 1 aromatic heterocycles. The van der Waals surface area contributed by atoms with Gasteiger partial charge in [-0.3, -0.25) is 14.5 Å². The highest BCUT2D eigenvalue weighted by molar-refractivity contribution is 7.10. The lowest BCUT2D eigenvalue weighted by Crippen LogP contribution is -2.43. The quantitative estimate of drug-likeness (QED) is 0.631. The molecule has 0 radical (unpaired) electrons. The first kappa shape index (κ1) is 21.8. The van der Waals surface area contributed by atoms with Crippen molar-refractivity contribution >= 4 is 23.0 Å². The van der Waals surface area contributed by atoms with Crippen LogP contribution in [0.15, 0.2) is 35.7 Å². The first-order valence-electron chi connectivity index (χ1n) is 10.8. The molecule has 3 heterocycles. The van der Waals surface area contributed by atoms with Gasteiger partial charge in [0.15, 0.2) is 17.3 Å². The lowest BCUT2D eigenvalue weighted by molar-refractivity contribution is -0.121. The normalized spacial score (nSPS) is 17.5. The summed E-state index contributed by atoms with van der Waals surface area (Å²) in [6.45, 7) is 4.82. The van der Waals surface area contributed by atoms with Crippen LogP contribution in [0, 0.1) is 0 Å². The van der Waals surface area contributed by atoms with Crippen molar-refractivity contribution in [2.45, 2.75) is 25.3 Å². The number of benzene rings is 1. The fourth-order valence-corrected chi connectivity index (χ4v) is 4.65. The highest BCUT2D eigenvalue weighted by Gasteiger charge is 2.24. The van der Waals surface area contributed by atoms with Gasteiger partial charge in [0.05, 0.1) is 32.5 Å². The molecule has 1 saturated heterocycles. The zero-order chi connectivity index (χ0) is 21.5. The second-order valence-electron chi connectivity index (χ2n) is 7.62. The molecular formula is C23H28N2O5S. The van der Waals surface area contributed by atoms with Crippen LogP contribution < -0.4 is 14.8 Å². The van der Waals surface area contributed by atoms with Gasteiger partial charge < -0.3 is 19.5 Å². The van der Waals surface area contributed by atoms with Gasteiger partial charge in [-0.05, 0) is 29.6 Å². The number of carbonyl (C=O) groups is 2. The highest BCUT2D eigenvalue weighted by atomic mass is 32.1. The van der Waals surface area contributed by atoms with Crippen molar-refractivity contribution in [2.24, 2.45) is 0 Å². The standard InChI is InChI=1S/C23H28N2O5S/c26-19(17-4-6-20-21(15-17)30-11-2-10-29-20)5-7-23(27)24-16-18(22-3-1-14-31-22)25-8-12-28-13-9-25/h1,3-4,6,14-15,18H,2,5,7-13,16H2,(H,24,27). The van der Waals surface area contributed by atoms with Gasteiger partial charge in [0.2, 0.25) is 5.91 Å². The highest BCUT2D eigenvalue weighted by Crippen LogP contribution is 2.31. The summed E-state index contributed by atoms with van der Waals surface area (Å²) in [6, 6.07) is 9.48. The summed E-state index contributed by atoms with van der Waals surface area (Å²) < 4.78 is 16.7. The molecule has 1 atom stereocenters. The number of amides is 1. The molecule has 0 spiro atoms. The van der Waals surface area contributed by atoms with Gasteiger partial charge in [0, 0.05) is 49.3 Å². The lowest BCUT2D eigenvalue weighted by Gasteiger charge is -2.34. The molecule has 1 aromatic carbocycles. The maximum absolute atomic E-state index is 12.6. The minimum Gasteiger partial charge on any atom is -0.490 e. The van der Waals surface area contributed by atoms with E-state index in [-0.39, 0.29) is 30.6 Å². The van der Waals surface area contributed by atoms with E-state index in [9.17, 15) is 9.59 Å². The summed E-state index contributed by atoms with van der Waals surface area (Å²) in [6.07, 6.45) is 1.13. The van der Waals surface area contributed by atoms with E-state index in [0.29, 0.717) is 50.0 Å². The first-order chi connectivity index (χ1) is 15.2. The predicted molar refractivity (Wildman–Crippen MR) is 118 cm³/mol. The number of hydrogen-bond acceptors (Lipinski definition) is 7. The van der Waals surface area contributed by atoms with Crippen molar-refractivity contribution < 1.29 is 23.8 Å². The largest absolute Gasteiger partial charge is 0.490 e. The molecule has 1 amide bonds. The maximum Gasteiger partial charge on any atom is 0.220 e. The summed E-state index contributed by atoms with van der Waals surface area (Å²) in [5, 5.41) is 5.08. The fraction of sp³-hybridized carbons (Fsp3) is 0.478. The third-order valence-corrected chi connectivity index (χ3v) is 6.47. The van der Waals surface area contributed by atoms with E-state index in [2.05, 4.69) is 21.7 Å². The number of thiophene rings is 1. The Morgan fingerprint density at radius 1 is 1.03 bits per heavy atom. The summed E-state index contributed by atoms with van der Waals surface area (Å²) in [4.78, 5) is 28.6. The van der Waals surface area contributed by atoms with Gasteiger partial charge in [-0.2, -0.15) is 0 Å². The van der Waals surface area contributed by atoms with Crippen molar-refractivity contribution in [3.8, 4) is 11.5 Å². The van der Waals surface area contributed by atoms with Crippen molar-refractivity contribution in [2.75, 3.05) is 46.1 Å². The summed E-state index contributed by atoms with van der Waals surface area (Å²) in [7, 11) is 0. The predicted octanol–water partition coefficient (Wildman–Crippen LogP) is 3.06. The molecule has 8 heteroatoms. The summed E-state index contributed by atoms with van der Waals surface area (Å²) in [5.41, 5.74) is 0.543. The smallest absolute Gasteiger partial charge is 0.220 e. The number of fused-ring (bicyclic) bond motifs is 1. The molecule has 2 aliphatic heterocycles. The van der Waals surface area contributed by atoms with Crippen molar-refractivity contribution in [1.82, 2.24) is 10.2 Å². The van der Waals surface area contributed by atoms with Crippen LogP contribution in [-0.2, 0) is 9.53 Å². The number of Topliss-reactive ketones (excluding diaryl/α,β-unsaturated/α-hetero) is 1. The van der Waals surface area contributed by atoms with Crippen LogP contribution in [0.3, 0.4) is 0 Å². The van der Waals surface area contributed by atoms with Crippen LogP contribution in [0.2, 0.25) is 0 Å².